The smallest absolute Gasteiger partial charge is 0.174 e. The largest absolute Gasteiger partial charge is 0.345 e. The lowest BCUT2D eigenvalue weighted by molar-refractivity contribution is 0.400. The molecule has 4 rings (SSSR count). The van der Waals surface area contributed by atoms with E-state index in [1.807, 2.05) is 61.5 Å². The van der Waals surface area contributed by atoms with Crippen molar-refractivity contribution in [1.29, 1.82) is 0 Å². The molecule has 0 unspecified atom stereocenters. The summed E-state index contributed by atoms with van der Waals surface area (Å²) >= 11 is 18.7. The number of halogens is 2. The first-order chi connectivity index (χ1) is 16.0. The molecule has 1 N–H and O–H groups in total. The molecule has 6 heteroatoms. The average Bonchev–Trinajstić information content (AvgIpc) is 3.24. The van der Waals surface area contributed by atoms with Gasteiger partial charge >= 0.3 is 0 Å². The van der Waals surface area contributed by atoms with Gasteiger partial charge in [-0.15, -0.1) is 0 Å². The molecule has 0 aliphatic heterocycles. The van der Waals surface area contributed by atoms with Crippen molar-refractivity contribution in [2.24, 2.45) is 0 Å². The minimum absolute atomic E-state index is 0.620. The maximum Gasteiger partial charge on any atom is 0.174 e. The second-order valence-corrected chi connectivity index (χ2v) is 9.18. The second-order valence-electron chi connectivity index (χ2n) is 7.97. The summed E-state index contributed by atoms with van der Waals surface area (Å²) < 4.78 is 2.21. The highest BCUT2D eigenvalue weighted by Gasteiger charge is 2.15. The van der Waals surface area contributed by atoms with Crippen molar-refractivity contribution in [2.75, 3.05) is 5.32 Å². The molecule has 0 saturated carbocycles. The highest BCUT2D eigenvalue weighted by molar-refractivity contribution is 7.80. The molecule has 3 nitrogen and oxygen atoms in total. The van der Waals surface area contributed by atoms with Gasteiger partial charge in [-0.3, -0.25) is 0 Å². The van der Waals surface area contributed by atoms with E-state index in [2.05, 4.69) is 51.3 Å². The van der Waals surface area contributed by atoms with Crippen molar-refractivity contribution in [3.8, 4) is 0 Å². The van der Waals surface area contributed by atoms with E-state index in [9.17, 15) is 0 Å². The molecule has 0 fully saturated rings. The number of thiocarbonyl (C=S) groups is 1. The van der Waals surface area contributed by atoms with Gasteiger partial charge in [-0.2, -0.15) is 0 Å². The summed E-state index contributed by atoms with van der Waals surface area (Å²) in [6, 6.07) is 28.4. The molecule has 0 amide bonds. The molecule has 3 aromatic carbocycles. The van der Waals surface area contributed by atoms with Crippen LogP contribution in [0.5, 0.6) is 0 Å². The minimum Gasteiger partial charge on any atom is -0.345 e. The van der Waals surface area contributed by atoms with Crippen LogP contribution in [0.3, 0.4) is 0 Å². The van der Waals surface area contributed by atoms with E-state index in [1.54, 1.807) is 0 Å². The van der Waals surface area contributed by atoms with Crippen LogP contribution in [0.4, 0.5) is 5.69 Å². The molecule has 0 saturated heterocycles. The number of hydrogen-bond donors (Lipinski definition) is 1. The Morgan fingerprint density at radius 3 is 2.39 bits per heavy atom. The Hall–Kier alpha value is -2.79. The maximum absolute atomic E-state index is 6.45. The first-order valence-corrected chi connectivity index (χ1v) is 11.9. The minimum atomic E-state index is 0.620. The van der Waals surface area contributed by atoms with Gasteiger partial charge in [0.15, 0.2) is 5.11 Å². The van der Waals surface area contributed by atoms with Gasteiger partial charge in [0.25, 0.3) is 0 Å². The molecule has 168 valence electrons. The zero-order valence-electron chi connectivity index (χ0n) is 18.3. The van der Waals surface area contributed by atoms with Crippen molar-refractivity contribution in [3.05, 3.63) is 124 Å². The summed E-state index contributed by atoms with van der Waals surface area (Å²) in [7, 11) is 0. The fourth-order valence-electron chi connectivity index (χ4n) is 3.67. The van der Waals surface area contributed by atoms with E-state index >= 15 is 0 Å². The van der Waals surface area contributed by atoms with Crippen LogP contribution in [-0.4, -0.2) is 14.6 Å². The lowest BCUT2D eigenvalue weighted by atomic mass is 10.2. The number of nitrogens with one attached hydrogen (secondary N) is 1. The lowest BCUT2D eigenvalue weighted by Gasteiger charge is -2.27. The highest BCUT2D eigenvalue weighted by Crippen LogP contribution is 2.24. The van der Waals surface area contributed by atoms with Gasteiger partial charge in [0.1, 0.15) is 0 Å². The number of benzene rings is 3. The molecule has 0 aliphatic rings. The second kappa shape index (κ2) is 10.9. The van der Waals surface area contributed by atoms with Crippen molar-refractivity contribution < 1.29 is 0 Å². The molecular formula is C27H25Cl2N3S. The Morgan fingerprint density at radius 1 is 0.879 bits per heavy atom. The van der Waals surface area contributed by atoms with Crippen LogP contribution in [0, 0.1) is 6.92 Å². The summed E-state index contributed by atoms with van der Waals surface area (Å²) in [5.41, 5.74) is 5.32. The Bertz CT molecular complexity index is 1240. The molecule has 0 atom stereocenters. The molecule has 4 aromatic rings. The zero-order valence-corrected chi connectivity index (χ0v) is 20.7. The third-order valence-corrected chi connectivity index (χ3v) is 6.49. The van der Waals surface area contributed by atoms with Gasteiger partial charge in [0, 0.05) is 30.0 Å². The number of rotatable bonds is 7. The number of anilines is 1. The maximum atomic E-state index is 6.45. The average molecular weight is 494 g/mol. The molecular weight excluding hydrogens is 469 g/mol. The van der Waals surface area contributed by atoms with Crippen LogP contribution >= 0.6 is 35.4 Å². The highest BCUT2D eigenvalue weighted by atomic mass is 35.5. The predicted octanol–water partition coefficient (Wildman–Crippen LogP) is 7.55. The third-order valence-electron chi connectivity index (χ3n) is 5.44. The van der Waals surface area contributed by atoms with Crippen LogP contribution in [0.1, 0.15) is 22.4 Å². The molecule has 0 spiro atoms. The van der Waals surface area contributed by atoms with Gasteiger partial charge in [-0.05, 0) is 66.2 Å². The Kier molecular flexibility index (Phi) is 7.71. The van der Waals surface area contributed by atoms with Gasteiger partial charge in [-0.25, -0.2) is 0 Å². The van der Waals surface area contributed by atoms with Crippen molar-refractivity contribution in [1.82, 2.24) is 9.47 Å². The topological polar surface area (TPSA) is 20.2 Å². The first-order valence-electron chi connectivity index (χ1n) is 10.7. The van der Waals surface area contributed by atoms with Crippen molar-refractivity contribution >= 4 is 46.2 Å². The molecule has 0 aliphatic carbocycles. The van der Waals surface area contributed by atoms with Gasteiger partial charge < -0.3 is 14.8 Å². The fraction of sp³-hybridized carbons (Fsp3) is 0.148. The van der Waals surface area contributed by atoms with Crippen LogP contribution in [0.2, 0.25) is 10.0 Å². The molecule has 1 aromatic heterocycles. The van der Waals surface area contributed by atoms with Crippen LogP contribution in [0.15, 0.2) is 91.1 Å². The molecule has 1 heterocycles. The lowest BCUT2D eigenvalue weighted by Crippen LogP contribution is -2.34. The Morgan fingerprint density at radius 2 is 1.64 bits per heavy atom. The third kappa shape index (κ3) is 6.17. The molecule has 0 radical (unpaired) electrons. The molecule has 33 heavy (non-hydrogen) atoms. The van der Waals surface area contributed by atoms with E-state index in [0.717, 1.165) is 27.5 Å². The van der Waals surface area contributed by atoms with Gasteiger partial charge in [-0.1, -0.05) is 77.8 Å². The van der Waals surface area contributed by atoms with Gasteiger partial charge in [0.2, 0.25) is 0 Å². The first kappa shape index (κ1) is 23.4. The Labute approximate surface area is 210 Å². The van der Waals surface area contributed by atoms with E-state index in [-0.39, 0.29) is 0 Å². The summed E-state index contributed by atoms with van der Waals surface area (Å²) in [5.74, 6) is 0. The summed E-state index contributed by atoms with van der Waals surface area (Å²) in [4.78, 5) is 2.15. The van der Waals surface area contributed by atoms with Crippen molar-refractivity contribution in [2.45, 2.75) is 26.6 Å². The van der Waals surface area contributed by atoms with Gasteiger partial charge in [0.05, 0.1) is 17.3 Å². The Balaban J connectivity index is 1.57. The predicted molar refractivity (Wildman–Crippen MR) is 143 cm³/mol. The number of nitrogens with zero attached hydrogens (tertiary/aromatic N) is 2. The molecule has 0 bridgehead atoms. The normalized spacial score (nSPS) is 10.8. The standard InChI is InChI=1S/C27H25Cl2N3S/c1-20-13-14-26(25(29)16-20)30-27(33)32(17-21-8-3-2-4-9-21)19-23-11-7-15-31(23)18-22-10-5-6-12-24(22)28/h2-16H,17-19H2,1H3,(H,30,33). The van der Waals surface area contributed by atoms with Crippen LogP contribution in [-0.2, 0) is 19.6 Å². The van der Waals surface area contributed by atoms with Crippen LogP contribution in [0.25, 0.3) is 0 Å². The fourth-order valence-corrected chi connectivity index (χ4v) is 4.39. The van der Waals surface area contributed by atoms with E-state index in [4.69, 9.17) is 35.4 Å². The van der Waals surface area contributed by atoms with Crippen molar-refractivity contribution in [3.63, 3.8) is 0 Å². The summed E-state index contributed by atoms with van der Waals surface area (Å²) in [6.07, 6.45) is 2.08. The van der Waals surface area contributed by atoms with E-state index < -0.39 is 0 Å². The number of hydrogen-bond acceptors (Lipinski definition) is 1. The van der Waals surface area contributed by atoms with E-state index in [1.165, 1.54) is 5.56 Å². The zero-order chi connectivity index (χ0) is 23.2. The SMILES string of the molecule is Cc1ccc(NC(=S)N(Cc2ccccc2)Cc2cccn2Cc2ccccc2Cl)c(Cl)c1. The number of aromatic nitrogens is 1. The monoisotopic (exact) mass is 493 g/mol. The summed E-state index contributed by atoms with van der Waals surface area (Å²) in [6.45, 7) is 4.03. The summed E-state index contributed by atoms with van der Waals surface area (Å²) in [5, 5.41) is 5.38. The van der Waals surface area contributed by atoms with Crippen LogP contribution < -0.4 is 5.32 Å². The quantitative estimate of drug-likeness (QED) is 0.268. The van der Waals surface area contributed by atoms with E-state index in [0.29, 0.717) is 29.8 Å². The number of aryl methyl sites for hydroxylation is 1.